The molecule has 0 saturated carbocycles. The van der Waals surface area contributed by atoms with Crippen LogP contribution in [0.4, 0.5) is 0 Å². The molecule has 0 radical (unpaired) electrons. The third-order valence-corrected chi connectivity index (χ3v) is 3.59. The highest BCUT2D eigenvalue weighted by Gasteiger charge is 2.30. The number of rotatable bonds is 2. The lowest BCUT2D eigenvalue weighted by molar-refractivity contribution is 0.0579. The van der Waals surface area contributed by atoms with Crippen LogP contribution in [0.5, 0.6) is 0 Å². The Balaban J connectivity index is 2.13. The molecule has 1 fully saturated rings. The lowest BCUT2D eigenvalue weighted by Gasteiger charge is -2.40. The third-order valence-electron chi connectivity index (χ3n) is 3.59. The van der Waals surface area contributed by atoms with Gasteiger partial charge in [0.2, 0.25) is 0 Å². The molecule has 2 heterocycles. The van der Waals surface area contributed by atoms with Gasteiger partial charge in [0.15, 0.2) is 0 Å². The molecule has 1 aliphatic heterocycles. The fraction of sp³-hybridized carbons (Fsp3) is 0.571. The molecule has 98 valence electrons. The second-order valence-electron chi connectivity index (χ2n) is 5.30. The quantitative estimate of drug-likeness (QED) is 0.862. The number of aromatic nitrogens is 1. The first-order valence-corrected chi connectivity index (χ1v) is 6.54. The van der Waals surface area contributed by atoms with Crippen molar-refractivity contribution in [1.29, 1.82) is 0 Å². The lowest BCUT2D eigenvalue weighted by Crippen LogP contribution is -2.58. The van der Waals surface area contributed by atoms with Crippen molar-refractivity contribution in [3.63, 3.8) is 0 Å². The van der Waals surface area contributed by atoms with Crippen LogP contribution in [-0.4, -0.2) is 41.0 Å². The predicted molar refractivity (Wildman–Crippen MR) is 71.4 cm³/mol. The molecule has 1 aromatic heterocycles. The van der Waals surface area contributed by atoms with E-state index in [0.29, 0.717) is 12.0 Å². The Morgan fingerprint density at radius 1 is 1.44 bits per heavy atom. The first kappa shape index (κ1) is 13.0. The first-order valence-electron chi connectivity index (χ1n) is 6.54. The fourth-order valence-corrected chi connectivity index (χ4v) is 2.28. The summed E-state index contributed by atoms with van der Waals surface area (Å²) in [6, 6.07) is 4.18. The third kappa shape index (κ3) is 2.70. The molecule has 0 aromatic carbocycles. The van der Waals surface area contributed by atoms with Crippen LogP contribution >= 0.6 is 0 Å². The van der Waals surface area contributed by atoms with Crippen LogP contribution in [0.3, 0.4) is 0 Å². The smallest absolute Gasteiger partial charge is 0.254 e. The van der Waals surface area contributed by atoms with Gasteiger partial charge in [0.05, 0.1) is 0 Å². The summed E-state index contributed by atoms with van der Waals surface area (Å²) in [7, 11) is 0. The predicted octanol–water partition coefficient (Wildman–Crippen LogP) is 1.54. The van der Waals surface area contributed by atoms with E-state index in [1.807, 2.05) is 4.90 Å². The van der Waals surface area contributed by atoms with Crippen molar-refractivity contribution in [3.05, 3.63) is 30.1 Å². The van der Waals surface area contributed by atoms with Crippen LogP contribution in [0.15, 0.2) is 24.5 Å². The minimum atomic E-state index is 0.108. The van der Waals surface area contributed by atoms with E-state index >= 15 is 0 Å². The number of nitrogens with one attached hydrogen (secondary N) is 1. The molecule has 1 aromatic rings. The van der Waals surface area contributed by atoms with Gasteiger partial charge in [-0.1, -0.05) is 13.8 Å². The maximum atomic E-state index is 12.4. The molecule has 2 unspecified atom stereocenters. The molecule has 0 spiro atoms. The van der Waals surface area contributed by atoms with Crippen molar-refractivity contribution in [3.8, 4) is 0 Å². The van der Waals surface area contributed by atoms with Crippen molar-refractivity contribution in [2.75, 3.05) is 13.1 Å². The van der Waals surface area contributed by atoms with E-state index in [1.165, 1.54) is 0 Å². The van der Waals surface area contributed by atoms with E-state index in [4.69, 9.17) is 0 Å². The first-order chi connectivity index (χ1) is 8.59. The molecule has 1 N–H and O–H groups in total. The average Bonchev–Trinajstić information content (AvgIpc) is 2.39. The van der Waals surface area contributed by atoms with Gasteiger partial charge < -0.3 is 10.2 Å². The van der Waals surface area contributed by atoms with Gasteiger partial charge in [-0.2, -0.15) is 0 Å². The van der Waals surface area contributed by atoms with Crippen LogP contribution in [0.1, 0.15) is 31.1 Å². The number of piperazine rings is 1. The molecule has 4 nitrogen and oxygen atoms in total. The molecule has 2 atom stereocenters. The summed E-state index contributed by atoms with van der Waals surface area (Å²) in [5, 5.41) is 3.50. The second-order valence-corrected chi connectivity index (χ2v) is 5.30. The lowest BCUT2D eigenvalue weighted by atomic mass is 9.99. The number of carbonyl (C=O) groups excluding carboxylic acids is 1. The van der Waals surface area contributed by atoms with Crippen molar-refractivity contribution in [1.82, 2.24) is 15.2 Å². The van der Waals surface area contributed by atoms with E-state index < -0.39 is 0 Å². The van der Waals surface area contributed by atoms with E-state index in [9.17, 15) is 4.79 Å². The minimum absolute atomic E-state index is 0.108. The van der Waals surface area contributed by atoms with E-state index in [1.54, 1.807) is 24.5 Å². The van der Waals surface area contributed by atoms with Gasteiger partial charge in [-0.3, -0.25) is 9.78 Å². The SMILES string of the molecule is CC(C)C1CN(C(=O)c2ccncc2)C(C)CN1. The number of carbonyl (C=O) groups is 1. The molecule has 1 aliphatic rings. The van der Waals surface area contributed by atoms with Crippen LogP contribution < -0.4 is 5.32 Å². The Bertz CT molecular complexity index is 405. The Morgan fingerprint density at radius 2 is 2.11 bits per heavy atom. The highest BCUT2D eigenvalue weighted by atomic mass is 16.2. The molecule has 18 heavy (non-hydrogen) atoms. The summed E-state index contributed by atoms with van der Waals surface area (Å²) in [5.74, 6) is 0.641. The molecule has 2 rings (SSSR count). The number of pyridine rings is 1. The summed E-state index contributed by atoms with van der Waals surface area (Å²) < 4.78 is 0. The Hall–Kier alpha value is -1.42. The topological polar surface area (TPSA) is 45.2 Å². The average molecular weight is 247 g/mol. The van der Waals surface area contributed by atoms with E-state index in [2.05, 4.69) is 31.1 Å². The van der Waals surface area contributed by atoms with Gasteiger partial charge in [-0.05, 0) is 25.0 Å². The molecule has 1 saturated heterocycles. The molecular formula is C14H21N3O. The van der Waals surface area contributed by atoms with Crippen molar-refractivity contribution in [2.24, 2.45) is 5.92 Å². The summed E-state index contributed by atoms with van der Waals surface area (Å²) >= 11 is 0. The van der Waals surface area contributed by atoms with Crippen LogP contribution in [0.2, 0.25) is 0 Å². The Labute approximate surface area is 108 Å². The van der Waals surface area contributed by atoms with Crippen molar-refractivity contribution >= 4 is 5.91 Å². The van der Waals surface area contributed by atoms with Gasteiger partial charge in [0, 0.05) is 43.1 Å². The highest BCUT2D eigenvalue weighted by Crippen LogP contribution is 2.15. The molecule has 4 heteroatoms. The maximum Gasteiger partial charge on any atom is 0.254 e. The minimum Gasteiger partial charge on any atom is -0.333 e. The Morgan fingerprint density at radius 3 is 2.72 bits per heavy atom. The molecule has 1 amide bonds. The van der Waals surface area contributed by atoms with Crippen molar-refractivity contribution < 1.29 is 4.79 Å². The van der Waals surface area contributed by atoms with Crippen LogP contribution in [0.25, 0.3) is 0 Å². The van der Waals surface area contributed by atoms with Gasteiger partial charge in [0.1, 0.15) is 0 Å². The summed E-state index contributed by atoms with van der Waals surface area (Å²) in [5.41, 5.74) is 0.723. The van der Waals surface area contributed by atoms with Gasteiger partial charge in [-0.25, -0.2) is 0 Å². The van der Waals surface area contributed by atoms with Gasteiger partial charge >= 0.3 is 0 Å². The number of amides is 1. The molecule has 0 bridgehead atoms. The zero-order chi connectivity index (χ0) is 13.1. The zero-order valence-corrected chi connectivity index (χ0v) is 11.3. The standard InChI is InChI=1S/C14H21N3O/c1-10(2)13-9-17(11(3)8-16-13)14(18)12-4-6-15-7-5-12/h4-7,10-11,13,16H,8-9H2,1-3H3. The normalized spacial score (nSPS) is 24.3. The van der Waals surface area contributed by atoms with Crippen LogP contribution in [0, 0.1) is 5.92 Å². The maximum absolute atomic E-state index is 12.4. The summed E-state index contributed by atoms with van der Waals surface area (Å²) in [4.78, 5) is 18.4. The van der Waals surface area contributed by atoms with E-state index in [-0.39, 0.29) is 11.9 Å². The number of nitrogens with zero attached hydrogens (tertiary/aromatic N) is 2. The van der Waals surface area contributed by atoms with Gasteiger partial charge in [0.25, 0.3) is 5.91 Å². The summed E-state index contributed by atoms with van der Waals surface area (Å²) in [6.07, 6.45) is 3.33. The largest absolute Gasteiger partial charge is 0.333 e. The monoisotopic (exact) mass is 247 g/mol. The Kier molecular flexibility index (Phi) is 3.97. The van der Waals surface area contributed by atoms with Crippen molar-refractivity contribution in [2.45, 2.75) is 32.9 Å². The van der Waals surface area contributed by atoms with Gasteiger partial charge in [-0.15, -0.1) is 0 Å². The molecular weight excluding hydrogens is 226 g/mol. The number of hydrogen-bond acceptors (Lipinski definition) is 3. The van der Waals surface area contributed by atoms with Crippen LogP contribution in [-0.2, 0) is 0 Å². The molecule has 0 aliphatic carbocycles. The number of hydrogen-bond donors (Lipinski definition) is 1. The van der Waals surface area contributed by atoms with E-state index in [0.717, 1.165) is 18.7 Å². The fourth-order valence-electron chi connectivity index (χ4n) is 2.28. The second kappa shape index (κ2) is 5.48. The highest BCUT2D eigenvalue weighted by molar-refractivity contribution is 5.94. The zero-order valence-electron chi connectivity index (χ0n) is 11.3. The summed E-state index contributed by atoms with van der Waals surface area (Å²) in [6.45, 7) is 8.09.